The minimum absolute atomic E-state index is 0.0338. The first-order valence-corrected chi connectivity index (χ1v) is 10.8. The number of para-hydroxylation sites is 1. The number of hydrogen-bond acceptors (Lipinski definition) is 10. The number of anilines is 2. The van der Waals surface area contributed by atoms with Crippen LogP contribution in [0, 0.1) is 10.1 Å². The molecule has 1 aliphatic heterocycles. The topological polar surface area (TPSA) is 153 Å². The van der Waals surface area contributed by atoms with E-state index in [4.69, 9.17) is 15.2 Å². The Morgan fingerprint density at radius 3 is 2.76 bits per heavy atom. The van der Waals surface area contributed by atoms with Gasteiger partial charge in [-0.3, -0.25) is 10.1 Å². The molecule has 1 aromatic carbocycles. The standard InChI is InChI=1S/C22H29N5O6/c1-2-32-22(29)15-6-7-20(25-12-15)26-10-8-16(9-11-26)24-13-17(28)14-33-19-5-3-4-18(21(19)23)27(30)31/h3-7,12,16-17,24,28H,2,8-11,13-14,23H2,1H3. The van der Waals surface area contributed by atoms with Gasteiger partial charge in [0.05, 0.1) is 17.1 Å². The van der Waals surface area contributed by atoms with Gasteiger partial charge in [0.15, 0.2) is 5.69 Å². The lowest BCUT2D eigenvalue weighted by Gasteiger charge is -2.33. The summed E-state index contributed by atoms with van der Waals surface area (Å²) in [6, 6.07) is 8.09. The van der Waals surface area contributed by atoms with Gasteiger partial charge in [-0.25, -0.2) is 9.78 Å². The van der Waals surface area contributed by atoms with Gasteiger partial charge in [-0.2, -0.15) is 0 Å². The summed E-state index contributed by atoms with van der Waals surface area (Å²) in [4.78, 5) is 28.7. The second-order valence-electron chi connectivity index (χ2n) is 7.71. The van der Waals surface area contributed by atoms with E-state index in [9.17, 15) is 20.0 Å². The third-order valence-corrected chi connectivity index (χ3v) is 5.39. The van der Waals surface area contributed by atoms with Gasteiger partial charge in [-0.15, -0.1) is 0 Å². The molecule has 2 heterocycles. The van der Waals surface area contributed by atoms with Crippen LogP contribution in [0.3, 0.4) is 0 Å². The van der Waals surface area contributed by atoms with Gasteiger partial charge in [0.1, 0.15) is 24.3 Å². The average molecular weight is 460 g/mol. The smallest absolute Gasteiger partial charge is 0.339 e. The highest BCUT2D eigenvalue weighted by molar-refractivity contribution is 5.89. The van der Waals surface area contributed by atoms with E-state index in [0.29, 0.717) is 18.7 Å². The number of nitrogens with two attached hydrogens (primary N) is 1. The van der Waals surface area contributed by atoms with Crippen molar-refractivity contribution in [1.82, 2.24) is 10.3 Å². The molecule has 178 valence electrons. The predicted molar refractivity (Wildman–Crippen MR) is 122 cm³/mol. The number of nitrogens with zero attached hydrogens (tertiary/aromatic N) is 3. The first kappa shape index (κ1) is 24.2. The second-order valence-corrected chi connectivity index (χ2v) is 7.71. The van der Waals surface area contributed by atoms with Crippen molar-refractivity contribution < 1.29 is 24.3 Å². The van der Waals surface area contributed by atoms with Crippen LogP contribution in [-0.4, -0.2) is 66.0 Å². The summed E-state index contributed by atoms with van der Waals surface area (Å²) in [6.07, 6.45) is 2.47. The van der Waals surface area contributed by atoms with E-state index in [-0.39, 0.29) is 35.7 Å². The largest absolute Gasteiger partial charge is 0.488 e. The van der Waals surface area contributed by atoms with Gasteiger partial charge >= 0.3 is 5.97 Å². The number of esters is 1. The maximum absolute atomic E-state index is 11.7. The molecule has 0 amide bonds. The maximum atomic E-state index is 11.7. The summed E-state index contributed by atoms with van der Waals surface area (Å²) in [6.45, 7) is 3.96. The SMILES string of the molecule is CCOC(=O)c1ccc(N2CCC(NCC(O)COc3cccc([N+](=O)[O-])c3N)CC2)nc1. The Kier molecular flexibility index (Phi) is 8.39. The van der Waals surface area contributed by atoms with Gasteiger partial charge in [0.2, 0.25) is 0 Å². The van der Waals surface area contributed by atoms with E-state index < -0.39 is 11.0 Å². The van der Waals surface area contributed by atoms with E-state index in [0.717, 1.165) is 31.7 Å². The highest BCUT2D eigenvalue weighted by atomic mass is 16.6. The number of aliphatic hydroxyl groups is 1. The molecule has 1 fully saturated rings. The van der Waals surface area contributed by atoms with Crippen molar-refractivity contribution >= 4 is 23.2 Å². The number of carbonyl (C=O) groups excluding carboxylic acids is 1. The predicted octanol–water partition coefficient (Wildman–Crippen LogP) is 1.75. The number of carbonyl (C=O) groups is 1. The summed E-state index contributed by atoms with van der Waals surface area (Å²) in [5.74, 6) is 0.609. The van der Waals surface area contributed by atoms with Crippen LogP contribution in [0.4, 0.5) is 17.2 Å². The number of piperidine rings is 1. The van der Waals surface area contributed by atoms with E-state index in [1.165, 1.54) is 24.4 Å². The number of hydrogen-bond donors (Lipinski definition) is 3. The Morgan fingerprint density at radius 1 is 1.36 bits per heavy atom. The molecule has 1 unspecified atom stereocenters. The number of nitro groups is 1. The molecule has 0 spiro atoms. The molecule has 11 nitrogen and oxygen atoms in total. The quantitative estimate of drug-likeness (QED) is 0.207. The zero-order chi connectivity index (χ0) is 23.8. The number of aliphatic hydroxyl groups excluding tert-OH is 1. The van der Waals surface area contributed by atoms with Gasteiger partial charge < -0.3 is 30.5 Å². The van der Waals surface area contributed by atoms with Crippen molar-refractivity contribution in [2.45, 2.75) is 31.9 Å². The minimum Gasteiger partial charge on any atom is -0.488 e. The molecule has 1 atom stereocenters. The van der Waals surface area contributed by atoms with Crippen LogP contribution in [0.25, 0.3) is 0 Å². The monoisotopic (exact) mass is 459 g/mol. The molecule has 1 saturated heterocycles. The normalized spacial score (nSPS) is 15.2. The van der Waals surface area contributed by atoms with E-state index in [1.54, 1.807) is 13.0 Å². The lowest BCUT2D eigenvalue weighted by molar-refractivity contribution is -0.384. The Morgan fingerprint density at radius 2 is 2.12 bits per heavy atom. The van der Waals surface area contributed by atoms with Crippen LogP contribution >= 0.6 is 0 Å². The Balaban J connectivity index is 1.40. The molecule has 0 bridgehead atoms. The molecule has 0 saturated carbocycles. The molecule has 11 heteroatoms. The zero-order valence-electron chi connectivity index (χ0n) is 18.5. The van der Waals surface area contributed by atoms with E-state index in [2.05, 4.69) is 15.2 Å². The Bertz CT molecular complexity index is 947. The summed E-state index contributed by atoms with van der Waals surface area (Å²) >= 11 is 0. The highest BCUT2D eigenvalue weighted by Gasteiger charge is 2.21. The van der Waals surface area contributed by atoms with Crippen LogP contribution in [0.1, 0.15) is 30.1 Å². The van der Waals surface area contributed by atoms with Crippen molar-refractivity contribution in [2.24, 2.45) is 0 Å². The molecular weight excluding hydrogens is 430 g/mol. The lowest BCUT2D eigenvalue weighted by atomic mass is 10.0. The van der Waals surface area contributed by atoms with Crippen LogP contribution in [0.15, 0.2) is 36.5 Å². The first-order chi connectivity index (χ1) is 15.9. The van der Waals surface area contributed by atoms with Gasteiger partial charge in [0.25, 0.3) is 5.69 Å². The molecule has 0 radical (unpaired) electrons. The Labute approximate surface area is 191 Å². The van der Waals surface area contributed by atoms with E-state index in [1.807, 2.05) is 6.07 Å². The summed E-state index contributed by atoms with van der Waals surface area (Å²) in [5.41, 5.74) is 5.91. The summed E-state index contributed by atoms with van der Waals surface area (Å²) in [5, 5.41) is 24.5. The van der Waals surface area contributed by atoms with Crippen molar-refractivity contribution in [1.29, 1.82) is 0 Å². The number of pyridine rings is 1. The van der Waals surface area contributed by atoms with Crippen LogP contribution in [0.2, 0.25) is 0 Å². The molecule has 0 aliphatic carbocycles. The number of benzene rings is 1. The number of nitrogens with one attached hydrogen (secondary N) is 1. The molecule has 2 aromatic rings. The van der Waals surface area contributed by atoms with Crippen molar-refractivity contribution in [3.8, 4) is 5.75 Å². The number of nitro benzene ring substituents is 1. The molecule has 4 N–H and O–H groups in total. The van der Waals surface area contributed by atoms with Crippen molar-refractivity contribution in [2.75, 3.05) is 43.5 Å². The average Bonchev–Trinajstić information content (AvgIpc) is 2.82. The van der Waals surface area contributed by atoms with E-state index >= 15 is 0 Å². The maximum Gasteiger partial charge on any atom is 0.339 e. The van der Waals surface area contributed by atoms with Crippen LogP contribution in [0.5, 0.6) is 5.75 Å². The fourth-order valence-electron chi connectivity index (χ4n) is 3.59. The molecule has 1 aliphatic rings. The number of nitrogen functional groups attached to an aromatic ring is 1. The summed E-state index contributed by atoms with van der Waals surface area (Å²) in [7, 11) is 0. The molecule has 1 aromatic heterocycles. The van der Waals surface area contributed by atoms with Crippen LogP contribution in [-0.2, 0) is 4.74 Å². The number of ether oxygens (including phenoxy) is 2. The highest BCUT2D eigenvalue weighted by Crippen LogP contribution is 2.30. The first-order valence-electron chi connectivity index (χ1n) is 10.8. The third-order valence-electron chi connectivity index (χ3n) is 5.39. The van der Waals surface area contributed by atoms with Gasteiger partial charge in [-0.05, 0) is 38.0 Å². The van der Waals surface area contributed by atoms with Gasteiger partial charge in [-0.1, -0.05) is 6.07 Å². The van der Waals surface area contributed by atoms with Crippen molar-refractivity contribution in [3.05, 3.63) is 52.2 Å². The van der Waals surface area contributed by atoms with Gasteiger partial charge in [0, 0.05) is 37.9 Å². The molecule has 33 heavy (non-hydrogen) atoms. The molecule has 3 rings (SSSR count). The third kappa shape index (κ3) is 6.53. The zero-order valence-corrected chi connectivity index (χ0v) is 18.5. The minimum atomic E-state index is -0.793. The molecular formula is C22H29N5O6. The lowest BCUT2D eigenvalue weighted by Crippen LogP contribution is -2.45. The second kappa shape index (κ2) is 11.4. The van der Waals surface area contributed by atoms with Crippen molar-refractivity contribution in [3.63, 3.8) is 0 Å². The fraction of sp³-hybridized carbons (Fsp3) is 0.455. The Hall–Kier alpha value is -3.44. The fourth-order valence-corrected chi connectivity index (χ4v) is 3.59. The summed E-state index contributed by atoms with van der Waals surface area (Å²) < 4.78 is 10.5. The van der Waals surface area contributed by atoms with Crippen LogP contribution < -0.4 is 20.7 Å². The number of aromatic nitrogens is 1. The number of rotatable bonds is 10.